The molecule has 0 heterocycles. The van der Waals surface area contributed by atoms with E-state index in [0.29, 0.717) is 11.6 Å². The SMILES string of the molecule is CCNC(=O)C(Cc1ccccc1)N(Cc1ccccc1F)C(=O)CN(c1ccc(Cl)cc1)S(C)(=O)=O. The number of hydrogen-bond donors (Lipinski definition) is 1. The van der Waals surface area contributed by atoms with E-state index >= 15 is 0 Å². The topological polar surface area (TPSA) is 86.8 Å². The van der Waals surface area contributed by atoms with Gasteiger partial charge in [0.25, 0.3) is 0 Å². The van der Waals surface area contributed by atoms with Crippen molar-refractivity contribution in [2.75, 3.05) is 23.7 Å². The summed E-state index contributed by atoms with van der Waals surface area (Å²) in [6.45, 7) is 1.27. The van der Waals surface area contributed by atoms with E-state index in [9.17, 15) is 22.4 Å². The van der Waals surface area contributed by atoms with Gasteiger partial charge >= 0.3 is 0 Å². The van der Waals surface area contributed by atoms with Gasteiger partial charge < -0.3 is 10.2 Å². The van der Waals surface area contributed by atoms with Crippen LogP contribution in [0.25, 0.3) is 0 Å². The molecule has 0 aliphatic heterocycles. The Labute approximate surface area is 221 Å². The average molecular weight is 546 g/mol. The van der Waals surface area contributed by atoms with Gasteiger partial charge in [-0.2, -0.15) is 0 Å². The zero-order chi connectivity index (χ0) is 27.0. The summed E-state index contributed by atoms with van der Waals surface area (Å²) in [5.74, 6) is -1.61. The number of anilines is 1. The van der Waals surface area contributed by atoms with E-state index in [-0.39, 0.29) is 24.2 Å². The number of sulfonamides is 1. The maximum absolute atomic E-state index is 14.7. The highest BCUT2D eigenvalue weighted by Crippen LogP contribution is 2.22. The van der Waals surface area contributed by atoms with E-state index in [0.717, 1.165) is 16.1 Å². The molecule has 0 fully saturated rings. The van der Waals surface area contributed by atoms with Crippen LogP contribution in [-0.4, -0.2) is 50.5 Å². The highest BCUT2D eigenvalue weighted by atomic mass is 35.5. The summed E-state index contributed by atoms with van der Waals surface area (Å²) < 4.78 is 40.9. The van der Waals surface area contributed by atoms with Gasteiger partial charge in [-0.15, -0.1) is 0 Å². The highest BCUT2D eigenvalue weighted by molar-refractivity contribution is 7.92. The van der Waals surface area contributed by atoms with E-state index in [2.05, 4.69) is 5.32 Å². The van der Waals surface area contributed by atoms with Gasteiger partial charge in [0.1, 0.15) is 18.4 Å². The Morgan fingerprint density at radius 1 is 0.973 bits per heavy atom. The fourth-order valence-corrected chi connectivity index (χ4v) is 4.85. The number of rotatable bonds is 11. The summed E-state index contributed by atoms with van der Waals surface area (Å²) in [4.78, 5) is 28.2. The van der Waals surface area contributed by atoms with Crippen LogP contribution in [-0.2, 0) is 32.6 Å². The average Bonchev–Trinajstić information content (AvgIpc) is 2.86. The first-order chi connectivity index (χ1) is 17.6. The second-order valence-electron chi connectivity index (χ2n) is 8.46. The Morgan fingerprint density at radius 3 is 2.19 bits per heavy atom. The van der Waals surface area contributed by atoms with Crippen molar-refractivity contribution in [2.24, 2.45) is 0 Å². The smallest absolute Gasteiger partial charge is 0.244 e. The monoisotopic (exact) mass is 545 g/mol. The fourth-order valence-electron chi connectivity index (χ4n) is 3.88. The molecule has 3 rings (SSSR count). The molecule has 3 aromatic rings. The van der Waals surface area contributed by atoms with Crippen LogP contribution in [0, 0.1) is 5.82 Å². The summed E-state index contributed by atoms with van der Waals surface area (Å²) in [6, 6.07) is 20.1. The van der Waals surface area contributed by atoms with Crippen LogP contribution in [0.2, 0.25) is 5.02 Å². The van der Waals surface area contributed by atoms with Crippen LogP contribution in [0.1, 0.15) is 18.1 Å². The summed E-state index contributed by atoms with van der Waals surface area (Å²) >= 11 is 5.95. The number of nitrogens with zero attached hydrogens (tertiary/aromatic N) is 2. The van der Waals surface area contributed by atoms with Crippen molar-refractivity contribution in [3.05, 3.63) is 101 Å². The number of halogens is 2. The van der Waals surface area contributed by atoms with Crippen LogP contribution < -0.4 is 9.62 Å². The molecule has 0 spiro atoms. The molecule has 2 amide bonds. The zero-order valence-electron chi connectivity index (χ0n) is 20.6. The van der Waals surface area contributed by atoms with E-state index < -0.39 is 40.2 Å². The first-order valence-corrected chi connectivity index (χ1v) is 13.9. The van der Waals surface area contributed by atoms with Crippen molar-refractivity contribution in [3.63, 3.8) is 0 Å². The molecular weight excluding hydrogens is 517 g/mol. The number of carbonyl (C=O) groups is 2. The molecule has 0 aromatic heterocycles. The third kappa shape index (κ3) is 7.77. The summed E-state index contributed by atoms with van der Waals surface area (Å²) in [6.07, 6.45) is 1.15. The predicted octanol–water partition coefficient (Wildman–Crippen LogP) is 4.02. The molecule has 0 aliphatic carbocycles. The second-order valence-corrected chi connectivity index (χ2v) is 10.8. The number of likely N-dealkylation sites (N-methyl/N-ethyl adjacent to an activating group) is 1. The third-order valence-corrected chi connectivity index (χ3v) is 7.11. The lowest BCUT2D eigenvalue weighted by molar-refractivity contribution is -0.140. The van der Waals surface area contributed by atoms with Gasteiger partial charge in [-0.1, -0.05) is 60.1 Å². The lowest BCUT2D eigenvalue weighted by Gasteiger charge is -2.33. The number of nitrogens with one attached hydrogen (secondary N) is 1. The van der Waals surface area contributed by atoms with Crippen LogP contribution >= 0.6 is 11.6 Å². The molecule has 0 radical (unpaired) electrons. The summed E-state index contributed by atoms with van der Waals surface area (Å²) in [5, 5.41) is 3.16. The Bertz CT molecular complexity index is 1320. The van der Waals surface area contributed by atoms with Gasteiger partial charge in [-0.3, -0.25) is 13.9 Å². The molecule has 0 aliphatic rings. The van der Waals surface area contributed by atoms with Crippen LogP contribution in [0.4, 0.5) is 10.1 Å². The lowest BCUT2D eigenvalue weighted by Crippen LogP contribution is -2.53. The lowest BCUT2D eigenvalue weighted by atomic mass is 10.0. The highest BCUT2D eigenvalue weighted by Gasteiger charge is 2.33. The van der Waals surface area contributed by atoms with Gasteiger partial charge in [0.15, 0.2) is 0 Å². The molecule has 196 valence electrons. The molecule has 0 bridgehead atoms. The number of amides is 2. The predicted molar refractivity (Wildman–Crippen MR) is 143 cm³/mol. The van der Waals surface area contributed by atoms with Gasteiger partial charge in [0.2, 0.25) is 21.8 Å². The maximum atomic E-state index is 14.7. The minimum atomic E-state index is -3.89. The maximum Gasteiger partial charge on any atom is 0.244 e. The zero-order valence-corrected chi connectivity index (χ0v) is 22.2. The van der Waals surface area contributed by atoms with Crippen molar-refractivity contribution in [1.29, 1.82) is 0 Å². The molecule has 0 saturated carbocycles. The molecule has 1 atom stereocenters. The Balaban J connectivity index is 2.04. The van der Waals surface area contributed by atoms with Crippen LogP contribution in [0.3, 0.4) is 0 Å². The van der Waals surface area contributed by atoms with Gasteiger partial charge in [0.05, 0.1) is 11.9 Å². The summed E-state index contributed by atoms with van der Waals surface area (Å²) in [7, 11) is -3.89. The molecule has 1 N–H and O–H groups in total. The van der Waals surface area contributed by atoms with Crippen molar-refractivity contribution in [3.8, 4) is 0 Å². The molecule has 1 unspecified atom stereocenters. The van der Waals surface area contributed by atoms with E-state index in [1.807, 2.05) is 30.3 Å². The van der Waals surface area contributed by atoms with Crippen molar-refractivity contribution < 1.29 is 22.4 Å². The third-order valence-electron chi connectivity index (χ3n) is 5.71. The van der Waals surface area contributed by atoms with Gasteiger partial charge in [-0.25, -0.2) is 12.8 Å². The Hall–Kier alpha value is -3.43. The van der Waals surface area contributed by atoms with Crippen molar-refractivity contribution in [2.45, 2.75) is 25.9 Å². The molecule has 10 heteroatoms. The molecule has 3 aromatic carbocycles. The minimum Gasteiger partial charge on any atom is -0.355 e. The number of hydrogen-bond acceptors (Lipinski definition) is 4. The second kappa shape index (κ2) is 12.7. The van der Waals surface area contributed by atoms with E-state index in [1.54, 1.807) is 13.0 Å². The van der Waals surface area contributed by atoms with E-state index in [4.69, 9.17) is 11.6 Å². The van der Waals surface area contributed by atoms with Crippen molar-refractivity contribution in [1.82, 2.24) is 10.2 Å². The first-order valence-electron chi connectivity index (χ1n) is 11.7. The molecular formula is C27H29ClFN3O4S. The number of benzene rings is 3. The van der Waals surface area contributed by atoms with E-state index in [1.165, 1.54) is 47.4 Å². The Morgan fingerprint density at radius 2 is 1.59 bits per heavy atom. The van der Waals surface area contributed by atoms with Crippen LogP contribution in [0.15, 0.2) is 78.9 Å². The minimum absolute atomic E-state index is 0.159. The van der Waals surface area contributed by atoms with Crippen molar-refractivity contribution >= 4 is 39.1 Å². The quantitative estimate of drug-likeness (QED) is 0.394. The standard InChI is InChI=1S/C27H29ClFN3O4S/c1-3-30-27(34)25(17-20-9-5-4-6-10-20)31(18-21-11-7-8-12-24(21)29)26(33)19-32(37(2,35)36)23-15-13-22(28)14-16-23/h4-16,25H,3,17-19H2,1-2H3,(H,30,34). The number of carbonyl (C=O) groups excluding carboxylic acids is 2. The normalized spacial score (nSPS) is 12.0. The summed E-state index contributed by atoms with van der Waals surface area (Å²) in [5.41, 5.74) is 1.24. The largest absolute Gasteiger partial charge is 0.355 e. The van der Waals surface area contributed by atoms with Gasteiger partial charge in [-0.05, 0) is 42.8 Å². The molecule has 37 heavy (non-hydrogen) atoms. The van der Waals surface area contributed by atoms with Crippen LogP contribution in [0.5, 0.6) is 0 Å². The fraction of sp³-hybridized carbons (Fsp3) is 0.259. The first kappa shape index (κ1) is 28.1. The molecule has 7 nitrogen and oxygen atoms in total. The van der Waals surface area contributed by atoms with Gasteiger partial charge in [0, 0.05) is 30.1 Å². The Kier molecular flexibility index (Phi) is 9.66. The molecule has 0 saturated heterocycles.